The van der Waals surface area contributed by atoms with Crippen LogP contribution >= 0.6 is 15.9 Å². The first-order valence-electron chi connectivity index (χ1n) is 6.77. The van der Waals surface area contributed by atoms with Gasteiger partial charge < -0.3 is 15.2 Å². The summed E-state index contributed by atoms with van der Waals surface area (Å²) >= 11 is 3.53. The minimum atomic E-state index is 0.753. The lowest BCUT2D eigenvalue weighted by Gasteiger charge is -2.18. The van der Waals surface area contributed by atoms with Crippen LogP contribution in [0.2, 0.25) is 0 Å². The van der Waals surface area contributed by atoms with Gasteiger partial charge in [-0.05, 0) is 35.9 Å². The maximum atomic E-state index is 4.32. The number of halogens is 1. The smallest absolute Gasteiger partial charge is 0.137 e. The number of anilines is 2. The van der Waals surface area contributed by atoms with Crippen LogP contribution in [-0.4, -0.2) is 24.1 Å². The normalized spacial score (nSPS) is 10.8. The molecule has 0 fully saturated rings. The summed E-state index contributed by atoms with van der Waals surface area (Å²) < 4.78 is 1.07. The quantitative estimate of drug-likeness (QED) is 0.751. The van der Waals surface area contributed by atoms with Gasteiger partial charge in [-0.3, -0.25) is 0 Å². The Labute approximate surface area is 132 Å². The summed E-state index contributed by atoms with van der Waals surface area (Å²) in [6.07, 6.45) is 3.81. The number of aromatic amines is 1. The van der Waals surface area contributed by atoms with Gasteiger partial charge in [-0.25, -0.2) is 4.98 Å². The molecule has 2 N–H and O–H groups in total. The van der Waals surface area contributed by atoms with Crippen molar-refractivity contribution < 1.29 is 0 Å². The van der Waals surface area contributed by atoms with E-state index in [1.807, 2.05) is 26.4 Å². The average Bonchev–Trinajstić information content (AvgIpc) is 2.88. The first-order valence-corrected chi connectivity index (χ1v) is 7.56. The van der Waals surface area contributed by atoms with Gasteiger partial charge >= 0.3 is 0 Å². The number of H-pyrrole nitrogens is 1. The zero-order valence-corrected chi connectivity index (χ0v) is 13.6. The number of nitrogens with one attached hydrogen (secondary N) is 2. The van der Waals surface area contributed by atoms with Gasteiger partial charge in [0.05, 0.1) is 11.4 Å². The number of pyridine rings is 1. The summed E-state index contributed by atoms with van der Waals surface area (Å²) in [5.41, 5.74) is 4.41. The van der Waals surface area contributed by atoms with E-state index in [9.17, 15) is 0 Å². The minimum Gasteiger partial charge on any atom is -0.379 e. The fourth-order valence-electron chi connectivity index (χ4n) is 2.39. The molecule has 5 heteroatoms. The summed E-state index contributed by atoms with van der Waals surface area (Å²) in [7, 11) is 4.09. The van der Waals surface area contributed by atoms with E-state index in [2.05, 4.69) is 60.4 Å². The Morgan fingerprint density at radius 1 is 1.29 bits per heavy atom. The molecule has 0 aliphatic heterocycles. The molecule has 4 nitrogen and oxygen atoms in total. The molecule has 0 bridgehead atoms. The van der Waals surface area contributed by atoms with Crippen LogP contribution in [0.4, 0.5) is 11.4 Å². The third kappa shape index (κ3) is 2.88. The van der Waals surface area contributed by atoms with Crippen molar-refractivity contribution in [3.05, 3.63) is 52.8 Å². The van der Waals surface area contributed by atoms with Crippen LogP contribution in [0.5, 0.6) is 0 Å². The van der Waals surface area contributed by atoms with Crippen LogP contribution in [0, 0.1) is 0 Å². The van der Waals surface area contributed by atoms with Crippen molar-refractivity contribution in [3.8, 4) is 0 Å². The van der Waals surface area contributed by atoms with Crippen molar-refractivity contribution in [2.45, 2.75) is 6.54 Å². The molecule has 3 rings (SSSR count). The molecular weight excluding hydrogens is 328 g/mol. The van der Waals surface area contributed by atoms with Crippen LogP contribution in [0.15, 0.2) is 47.2 Å². The number of hydrogen-bond acceptors (Lipinski definition) is 3. The summed E-state index contributed by atoms with van der Waals surface area (Å²) in [6.45, 7) is 0.753. The van der Waals surface area contributed by atoms with E-state index in [0.29, 0.717) is 0 Å². The van der Waals surface area contributed by atoms with Crippen LogP contribution < -0.4 is 10.2 Å². The summed E-state index contributed by atoms with van der Waals surface area (Å²) in [6, 6.07) is 10.3. The number of nitrogens with zero attached hydrogens (tertiary/aromatic N) is 2. The lowest BCUT2D eigenvalue weighted by Crippen LogP contribution is -2.12. The van der Waals surface area contributed by atoms with Gasteiger partial charge in [0.25, 0.3) is 0 Å². The molecule has 0 atom stereocenters. The van der Waals surface area contributed by atoms with E-state index >= 15 is 0 Å². The molecule has 2 aromatic heterocycles. The summed E-state index contributed by atoms with van der Waals surface area (Å²) in [4.78, 5) is 9.62. The second kappa shape index (κ2) is 5.77. The highest BCUT2D eigenvalue weighted by molar-refractivity contribution is 9.10. The van der Waals surface area contributed by atoms with Crippen molar-refractivity contribution in [2.24, 2.45) is 0 Å². The van der Waals surface area contributed by atoms with E-state index in [1.165, 1.54) is 5.56 Å². The van der Waals surface area contributed by atoms with E-state index in [0.717, 1.165) is 33.4 Å². The number of aromatic nitrogens is 2. The predicted octanol–water partition coefficient (Wildman–Crippen LogP) is 4.00. The molecule has 0 spiro atoms. The van der Waals surface area contributed by atoms with Gasteiger partial charge in [-0.2, -0.15) is 0 Å². The molecule has 2 heterocycles. The molecule has 108 valence electrons. The van der Waals surface area contributed by atoms with Gasteiger partial charge in [-0.15, -0.1) is 0 Å². The van der Waals surface area contributed by atoms with Crippen LogP contribution in [0.3, 0.4) is 0 Å². The molecule has 3 aromatic rings. The zero-order chi connectivity index (χ0) is 14.8. The van der Waals surface area contributed by atoms with Gasteiger partial charge in [0.15, 0.2) is 0 Å². The Hall–Kier alpha value is -2.01. The highest BCUT2D eigenvalue weighted by atomic mass is 79.9. The number of rotatable bonds is 4. The molecule has 0 saturated heterocycles. The Morgan fingerprint density at radius 2 is 2.14 bits per heavy atom. The standard InChI is InChI=1S/C16H17BrN4/c1-21(2)15-6-5-12(17)8-14(15)19-9-11-10-20-16-13(11)4-3-7-18-16/h3-8,10,19H,9H2,1-2H3,(H,18,20). The maximum Gasteiger partial charge on any atom is 0.137 e. The van der Waals surface area contributed by atoms with Crippen molar-refractivity contribution >= 4 is 38.3 Å². The molecule has 1 aromatic carbocycles. The first kappa shape index (κ1) is 13.9. The van der Waals surface area contributed by atoms with Crippen LogP contribution in [0.25, 0.3) is 11.0 Å². The topological polar surface area (TPSA) is 44.0 Å². The van der Waals surface area contributed by atoms with Gasteiger partial charge in [0.1, 0.15) is 5.65 Å². The molecule has 0 aliphatic carbocycles. The summed E-state index contributed by atoms with van der Waals surface area (Å²) in [5, 5.41) is 4.67. The van der Waals surface area contributed by atoms with Crippen molar-refractivity contribution in [3.63, 3.8) is 0 Å². The second-order valence-electron chi connectivity index (χ2n) is 5.12. The number of benzene rings is 1. The molecule has 0 radical (unpaired) electrons. The highest BCUT2D eigenvalue weighted by Crippen LogP contribution is 2.29. The minimum absolute atomic E-state index is 0.753. The Bertz CT molecular complexity index is 764. The number of fused-ring (bicyclic) bond motifs is 1. The highest BCUT2D eigenvalue weighted by Gasteiger charge is 2.07. The van der Waals surface area contributed by atoms with E-state index in [1.54, 1.807) is 6.20 Å². The van der Waals surface area contributed by atoms with Gasteiger partial charge in [-0.1, -0.05) is 15.9 Å². The first-order chi connectivity index (χ1) is 10.1. The lowest BCUT2D eigenvalue weighted by molar-refractivity contribution is 1.10. The predicted molar refractivity (Wildman–Crippen MR) is 91.9 cm³/mol. The van der Waals surface area contributed by atoms with Crippen molar-refractivity contribution in [2.75, 3.05) is 24.3 Å². The molecule has 21 heavy (non-hydrogen) atoms. The SMILES string of the molecule is CN(C)c1ccc(Br)cc1NCc1c[nH]c2ncccc12. The molecule has 0 aliphatic rings. The largest absolute Gasteiger partial charge is 0.379 e. The van der Waals surface area contributed by atoms with E-state index in [4.69, 9.17) is 0 Å². The van der Waals surface area contributed by atoms with E-state index in [-0.39, 0.29) is 0 Å². The number of hydrogen-bond donors (Lipinski definition) is 2. The third-order valence-electron chi connectivity index (χ3n) is 3.45. The Kier molecular flexibility index (Phi) is 3.84. The van der Waals surface area contributed by atoms with Crippen LogP contribution in [0.1, 0.15) is 5.56 Å². The average molecular weight is 345 g/mol. The Morgan fingerprint density at radius 3 is 2.95 bits per heavy atom. The molecular formula is C16H17BrN4. The lowest BCUT2D eigenvalue weighted by atomic mass is 10.2. The fourth-order valence-corrected chi connectivity index (χ4v) is 2.75. The Balaban J connectivity index is 1.86. The van der Waals surface area contributed by atoms with E-state index < -0.39 is 0 Å². The van der Waals surface area contributed by atoms with Crippen LogP contribution in [-0.2, 0) is 6.54 Å². The fraction of sp³-hybridized carbons (Fsp3) is 0.188. The summed E-state index contributed by atoms with van der Waals surface area (Å²) in [5.74, 6) is 0. The van der Waals surface area contributed by atoms with Crippen molar-refractivity contribution in [1.29, 1.82) is 0 Å². The third-order valence-corrected chi connectivity index (χ3v) is 3.94. The second-order valence-corrected chi connectivity index (χ2v) is 6.04. The van der Waals surface area contributed by atoms with Crippen molar-refractivity contribution in [1.82, 2.24) is 9.97 Å². The van der Waals surface area contributed by atoms with Gasteiger partial charge in [0, 0.05) is 42.9 Å². The monoisotopic (exact) mass is 344 g/mol. The maximum absolute atomic E-state index is 4.32. The molecule has 0 unspecified atom stereocenters. The zero-order valence-electron chi connectivity index (χ0n) is 12.0. The van der Waals surface area contributed by atoms with Gasteiger partial charge in [0.2, 0.25) is 0 Å². The molecule has 0 amide bonds. The molecule has 0 saturated carbocycles.